The normalized spacial score (nSPS) is 18.9. The van der Waals surface area contributed by atoms with E-state index in [1.54, 1.807) is 12.3 Å². The summed E-state index contributed by atoms with van der Waals surface area (Å²) in [6.45, 7) is 5.05. The fourth-order valence-corrected chi connectivity index (χ4v) is 5.50. The Bertz CT molecular complexity index is 1220. The molecule has 190 valence electrons. The first kappa shape index (κ1) is 23.1. The maximum Gasteiger partial charge on any atom is 0.272 e. The van der Waals surface area contributed by atoms with E-state index < -0.39 is 0 Å². The molecule has 3 aromatic heterocycles. The first-order valence-corrected chi connectivity index (χ1v) is 13.1. The minimum Gasteiger partial charge on any atom is -0.354 e. The first-order chi connectivity index (χ1) is 17.6. The minimum absolute atomic E-state index is 0.0113. The number of unbranched alkanes of at least 4 members (excludes halogenated alkanes) is 1. The van der Waals surface area contributed by atoms with Gasteiger partial charge in [-0.3, -0.25) is 4.79 Å². The summed E-state index contributed by atoms with van der Waals surface area (Å²) in [5.74, 6) is 1.18. The van der Waals surface area contributed by atoms with Crippen LogP contribution in [0.25, 0.3) is 11.2 Å². The number of anilines is 3. The van der Waals surface area contributed by atoms with Crippen LogP contribution in [0.15, 0.2) is 24.7 Å². The van der Waals surface area contributed by atoms with Crippen molar-refractivity contribution in [2.75, 3.05) is 49.9 Å². The van der Waals surface area contributed by atoms with Gasteiger partial charge in [-0.1, -0.05) is 12.8 Å². The standard InChI is InChI=1S/C25H34N10O/c26-9-3-4-10-28-24-32-21(20-22(33-24)35(16-30-20)18-5-1-2-6-18)31-17-7-8-19(29-11-17)23(36)34-14-25(15-34)12-27-13-25/h7-8,11,16,18,27H,1-6,9-10,12-15,26H2,(H2,28,31,32,33). The van der Waals surface area contributed by atoms with Gasteiger partial charge in [0.15, 0.2) is 17.0 Å². The summed E-state index contributed by atoms with van der Waals surface area (Å²) in [5, 5.41) is 10.0. The van der Waals surface area contributed by atoms with Crippen LogP contribution in [0.2, 0.25) is 0 Å². The smallest absolute Gasteiger partial charge is 0.272 e. The number of amides is 1. The Kier molecular flexibility index (Phi) is 6.18. The summed E-state index contributed by atoms with van der Waals surface area (Å²) in [7, 11) is 0. The molecule has 3 fully saturated rings. The van der Waals surface area contributed by atoms with Gasteiger partial charge in [0.2, 0.25) is 5.95 Å². The summed E-state index contributed by atoms with van der Waals surface area (Å²) < 4.78 is 2.19. The van der Waals surface area contributed by atoms with Crippen LogP contribution in [0, 0.1) is 5.41 Å². The summed E-state index contributed by atoms with van der Waals surface area (Å²) in [5.41, 5.74) is 8.71. The van der Waals surface area contributed by atoms with Crippen molar-refractivity contribution in [1.29, 1.82) is 0 Å². The topological polar surface area (TPSA) is 139 Å². The Hall–Kier alpha value is -3.31. The summed E-state index contributed by atoms with van der Waals surface area (Å²) >= 11 is 0. The van der Waals surface area contributed by atoms with Crippen molar-refractivity contribution in [3.8, 4) is 0 Å². The van der Waals surface area contributed by atoms with Crippen LogP contribution in [0.4, 0.5) is 17.5 Å². The lowest BCUT2D eigenvalue weighted by atomic mass is 9.74. The van der Waals surface area contributed by atoms with Crippen LogP contribution in [0.5, 0.6) is 0 Å². The van der Waals surface area contributed by atoms with Crippen LogP contribution in [0.1, 0.15) is 55.1 Å². The fraction of sp³-hybridized carbons (Fsp3) is 0.560. The second-order valence-electron chi connectivity index (χ2n) is 10.4. The van der Waals surface area contributed by atoms with Crippen molar-refractivity contribution in [3.63, 3.8) is 0 Å². The van der Waals surface area contributed by atoms with Crippen LogP contribution >= 0.6 is 0 Å². The van der Waals surface area contributed by atoms with Gasteiger partial charge in [-0.15, -0.1) is 0 Å². The zero-order valence-corrected chi connectivity index (χ0v) is 20.5. The van der Waals surface area contributed by atoms with E-state index in [4.69, 9.17) is 15.7 Å². The molecule has 5 N–H and O–H groups in total. The number of carbonyl (C=O) groups excluding carboxylic acids is 1. The number of imidazole rings is 1. The second kappa shape index (κ2) is 9.62. The molecule has 5 heterocycles. The molecule has 11 heteroatoms. The monoisotopic (exact) mass is 490 g/mol. The van der Waals surface area contributed by atoms with Crippen molar-refractivity contribution in [2.45, 2.75) is 44.6 Å². The Morgan fingerprint density at radius 2 is 1.97 bits per heavy atom. The summed E-state index contributed by atoms with van der Waals surface area (Å²) in [6, 6.07) is 4.07. The highest BCUT2D eigenvalue weighted by Crippen LogP contribution is 2.35. The zero-order valence-electron chi connectivity index (χ0n) is 20.5. The number of hydrogen-bond acceptors (Lipinski definition) is 9. The average Bonchev–Trinajstić information content (AvgIpc) is 3.50. The number of hydrogen-bond donors (Lipinski definition) is 4. The molecule has 0 atom stereocenters. The maximum absolute atomic E-state index is 12.8. The van der Waals surface area contributed by atoms with E-state index in [1.165, 1.54) is 12.8 Å². The molecule has 11 nitrogen and oxygen atoms in total. The summed E-state index contributed by atoms with van der Waals surface area (Å²) in [4.78, 5) is 33.3. The van der Waals surface area contributed by atoms with Gasteiger partial charge in [0, 0.05) is 44.2 Å². The van der Waals surface area contributed by atoms with Crippen molar-refractivity contribution < 1.29 is 4.79 Å². The fourth-order valence-electron chi connectivity index (χ4n) is 5.50. The maximum atomic E-state index is 12.8. The van der Waals surface area contributed by atoms with Gasteiger partial charge < -0.3 is 31.2 Å². The van der Waals surface area contributed by atoms with E-state index in [1.807, 2.05) is 17.3 Å². The van der Waals surface area contributed by atoms with Gasteiger partial charge in [-0.25, -0.2) is 9.97 Å². The van der Waals surface area contributed by atoms with Crippen molar-refractivity contribution in [2.24, 2.45) is 11.1 Å². The lowest BCUT2D eigenvalue weighted by Gasteiger charge is -2.55. The molecule has 1 saturated carbocycles. The Balaban J connectivity index is 1.21. The van der Waals surface area contributed by atoms with Crippen molar-refractivity contribution in [3.05, 3.63) is 30.4 Å². The average molecular weight is 491 g/mol. The quantitative estimate of drug-likeness (QED) is 0.333. The van der Waals surface area contributed by atoms with Gasteiger partial charge in [0.25, 0.3) is 5.91 Å². The van der Waals surface area contributed by atoms with E-state index in [0.29, 0.717) is 35.5 Å². The van der Waals surface area contributed by atoms with Crippen LogP contribution in [0.3, 0.4) is 0 Å². The number of rotatable bonds is 9. The molecule has 0 aromatic carbocycles. The number of nitrogens with one attached hydrogen (secondary N) is 3. The molecule has 36 heavy (non-hydrogen) atoms. The van der Waals surface area contributed by atoms with Crippen LogP contribution in [-0.4, -0.2) is 74.6 Å². The molecule has 6 rings (SSSR count). The first-order valence-electron chi connectivity index (χ1n) is 13.1. The number of nitrogens with zero attached hydrogens (tertiary/aromatic N) is 6. The molecule has 0 unspecified atom stereocenters. The third-order valence-corrected chi connectivity index (χ3v) is 7.64. The molecule has 2 saturated heterocycles. The Morgan fingerprint density at radius 3 is 2.67 bits per heavy atom. The highest BCUT2D eigenvalue weighted by Gasteiger charge is 2.49. The molecular weight excluding hydrogens is 456 g/mol. The number of pyridine rings is 1. The van der Waals surface area contributed by atoms with Gasteiger partial charge in [0.1, 0.15) is 5.69 Å². The Morgan fingerprint density at radius 1 is 1.14 bits per heavy atom. The predicted octanol–water partition coefficient (Wildman–Crippen LogP) is 2.28. The molecule has 3 aliphatic rings. The van der Waals surface area contributed by atoms with E-state index in [9.17, 15) is 4.79 Å². The molecule has 0 radical (unpaired) electrons. The number of fused-ring (bicyclic) bond motifs is 1. The SMILES string of the molecule is NCCCCNc1nc(Nc2ccc(C(=O)N3CC4(CNC4)C3)nc2)c2ncn(C3CCCC3)c2n1. The third kappa shape index (κ3) is 4.37. The van der Waals surface area contributed by atoms with Gasteiger partial charge >= 0.3 is 0 Å². The van der Waals surface area contributed by atoms with Gasteiger partial charge in [0.05, 0.1) is 18.2 Å². The predicted molar refractivity (Wildman–Crippen MR) is 138 cm³/mol. The molecule has 0 bridgehead atoms. The molecule has 1 amide bonds. The lowest BCUT2D eigenvalue weighted by molar-refractivity contribution is -0.0251. The molecule has 1 spiro atoms. The second-order valence-corrected chi connectivity index (χ2v) is 10.4. The summed E-state index contributed by atoms with van der Waals surface area (Å²) in [6.07, 6.45) is 10.2. The zero-order chi connectivity index (χ0) is 24.5. The number of aromatic nitrogens is 5. The Labute approximate surface area is 210 Å². The molecule has 2 aliphatic heterocycles. The number of likely N-dealkylation sites (tertiary alicyclic amines) is 1. The van der Waals surface area contributed by atoms with Gasteiger partial charge in [-0.05, 0) is 44.4 Å². The van der Waals surface area contributed by atoms with E-state index >= 15 is 0 Å². The van der Waals surface area contributed by atoms with E-state index in [-0.39, 0.29) is 5.91 Å². The highest BCUT2D eigenvalue weighted by molar-refractivity contribution is 5.93. The largest absolute Gasteiger partial charge is 0.354 e. The van der Waals surface area contributed by atoms with Crippen molar-refractivity contribution >= 4 is 34.5 Å². The molecule has 1 aliphatic carbocycles. The van der Waals surface area contributed by atoms with E-state index in [2.05, 4.69) is 30.5 Å². The van der Waals surface area contributed by atoms with Crippen LogP contribution in [-0.2, 0) is 0 Å². The van der Waals surface area contributed by atoms with Gasteiger partial charge in [-0.2, -0.15) is 9.97 Å². The highest BCUT2D eigenvalue weighted by atomic mass is 16.2. The molecular formula is C25H34N10O. The van der Waals surface area contributed by atoms with E-state index in [0.717, 1.165) is 75.3 Å². The molecule has 3 aromatic rings. The number of carbonyl (C=O) groups is 1. The minimum atomic E-state index is -0.0113. The number of nitrogens with two attached hydrogens (primary N) is 1. The van der Waals surface area contributed by atoms with Crippen LogP contribution < -0.4 is 21.7 Å². The lowest BCUT2D eigenvalue weighted by Crippen LogP contribution is -2.71. The van der Waals surface area contributed by atoms with Crippen molar-refractivity contribution in [1.82, 2.24) is 34.7 Å². The third-order valence-electron chi connectivity index (χ3n) is 7.64.